The van der Waals surface area contributed by atoms with Crippen LogP contribution in [0.3, 0.4) is 0 Å². The molecule has 1 unspecified atom stereocenters. The van der Waals surface area contributed by atoms with E-state index in [1.165, 1.54) is 18.4 Å². The molecule has 3 rings (SSSR count). The van der Waals surface area contributed by atoms with E-state index in [1.807, 2.05) is 0 Å². The Bertz CT molecular complexity index is 569. The number of nitrogens with zero attached hydrogens (tertiary/aromatic N) is 2. The van der Waals surface area contributed by atoms with Crippen molar-refractivity contribution in [2.24, 2.45) is 5.73 Å². The molecule has 1 heterocycles. The maximum atomic E-state index is 5.79. The van der Waals surface area contributed by atoms with Crippen molar-refractivity contribution in [3.05, 3.63) is 47.6 Å². The van der Waals surface area contributed by atoms with Gasteiger partial charge in [-0.2, -0.15) is 4.98 Å². The molecule has 1 aliphatic rings. The van der Waals surface area contributed by atoms with Crippen molar-refractivity contribution >= 4 is 0 Å². The lowest BCUT2D eigenvalue weighted by Gasteiger charge is -2.25. The van der Waals surface area contributed by atoms with Gasteiger partial charge in [0.25, 0.3) is 0 Å². The van der Waals surface area contributed by atoms with Crippen LogP contribution in [0.1, 0.15) is 62.2 Å². The summed E-state index contributed by atoms with van der Waals surface area (Å²) in [6.45, 7) is 2.65. The van der Waals surface area contributed by atoms with Crippen LogP contribution in [0.2, 0.25) is 0 Å². The predicted octanol–water partition coefficient (Wildman–Crippen LogP) is 3.38. The second kappa shape index (κ2) is 5.98. The zero-order chi connectivity index (χ0) is 14.7. The summed E-state index contributed by atoms with van der Waals surface area (Å²) in [5.74, 6) is 1.70. The van der Waals surface area contributed by atoms with Gasteiger partial charge in [0.05, 0.1) is 11.3 Å². The highest BCUT2D eigenvalue weighted by Gasteiger charge is 2.41. The molecular formula is C17H23N3O. The van der Waals surface area contributed by atoms with Crippen LogP contribution in [-0.2, 0) is 5.41 Å². The second-order valence-electron chi connectivity index (χ2n) is 5.95. The van der Waals surface area contributed by atoms with Crippen molar-refractivity contribution in [1.29, 1.82) is 0 Å². The highest BCUT2D eigenvalue weighted by Crippen LogP contribution is 2.45. The van der Waals surface area contributed by atoms with Gasteiger partial charge >= 0.3 is 0 Å². The maximum Gasteiger partial charge on any atom is 0.231 e. The lowest BCUT2D eigenvalue weighted by atomic mass is 9.78. The zero-order valence-corrected chi connectivity index (χ0v) is 12.6. The number of rotatable bonds is 5. The van der Waals surface area contributed by atoms with Crippen LogP contribution in [-0.4, -0.2) is 16.7 Å². The first-order valence-electron chi connectivity index (χ1n) is 7.90. The summed E-state index contributed by atoms with van der Waals surface area (Å²) in [5, 5.41) is 4.32. The summed E-state index contributed by atoms with van der Waals surface area (Å²) < 4.78 is 5.53. The van der Waals surface area contributed by atoms with Crippen molar-refractivity contribution in [3.8, 4) is 0 Å². The Kier molecular flexibility index (Phi) is 4.06. The molecule has 2 N–H and O–H groups in total. The minimum absolute atomic E-state index is 0.0735. The first-order chi connectivity index (χ1) is 10.3. The van der Waals surface area contributed by atoms with Crippen LogP contribution < -0.4 is 5.73 Å². The lowest BCUT2D eigenvalue weighted by molar-refractivity contribution is 0.339. The molecule has 0 spiro atoms. The van der Waals surface area contributed by atoms with Gasteiger partial charge in [0.2, 0.25) is 5.89 Å². The fraction of sp³-hybridized carbons (Fsp3) is 0.529. The predicted molar refractivity (Wildman–Crippen MR) is 82.1 cm³/mol. The maximum absolute atomic E-state index is 5.79. The van der Waals surface area contributed by atoms with Crippen LogP contribution >= 0.6 is 0 Å². The largest absolute Gasteiger partial charge is 0.339 e. The van der Waals surface area contributed by atoms with E-state index in [4.69, 9.17) is 15.2 Å². The number of nitrogens with two attached hydrogens (primary N) is 1. The molecule has 112 valence electrons. The molecule has 1 saturated carbocycles. The van der Waals surface area contributed by atoms with E-state index < -0.39 is 0 Å². The van der Waals surface area contributed by atoms with Crippen molar-refractivity contribution in [2.75, 3.05) is 6.54 Å². The Labute approximate surface area is 125 Å². The fourth-order valence-corrected chi connectivity index (χ4v) is 3.41. The van der Waals surface area contributed by atoms with Gasteiger partial charge in [-0.15, -0.1) is 0 Å². The molecular weight excluding hydrogens is 262 g/mol. The minimum atomic E-state index is -0.0735. The molecule has 1 aromatic heterocycles. The summed E-state index contributed by atoms with van der Waals surface area (Å²) in [5.41, 5.74) is 7.02. The van der Waals surface area contributed by atoms with Crippen LogP contribution in [0.15, 0.2) is 34.9 Å². The normalized spacial score (nSPS) is 18.8. The molecule has 0 saturated heterocycles. The molecule has 1 atom stereocenters. The molecule has 1 aromatic carbocycles. The SMILES string of the molecule is CCC(CN)c1nc(C2(c3ccccc3)CCCC2)no1. The van der Waals surface area contributed by atoms with E-state index >= 15 is 0 Å². The first-order valence-corrected chi connectivity index (χ1v) is 7.90. The van der Waals surface area contributed by atoms with Gasteiger partial charge < -0.3 is 10.3 Å². The van der Waals surface area contributed by atoms with Gasteiger partial charge in [0, 0.05) is 6.54 Å². The van der Waals surface area contributed by atoms with E-state index in [2.05, 4.69) is 42.4 Å². The van der Waals surface area contributed by atoms with Crippen LogP contribution in [0.25, 0.3) is 0 Å². The second-order valence-corrected chi connectivity index (χ2v) is 5.95. The first kappa shape index (κ1) is 14.3. The number of benzene rings is 1. The summed E-state index contributed by atoms with van der Waals surface area (Å²) in [4.78, 5) is 4.73. The van der Waals surface area contributed by atoms with Crippen molar-refractivity contribution in [1.82, 2.24) is 10.1 Å². The Morgan fingerprint density at radius 2 is 1.95 bits per heavy atom. The molecule has 2 aromatic rings. The fourth-order valence-electron chi connectivity index (χ4n) is 3.41. The van der Waals surface area contributed by atoms with E-state index in [1.54, 1.807) is 0 Å². The number of hydrogen-bond acceptors (Lipinski definition) is 4. The van der Waals surface area contributed by atoms with Crippen LogP contribution in [0, 0.1) is 0 Å². The Hall–Kier alpha value is -1.68. The molecule has 0 bridgehead atoms. The average Bonchev–Trinajstić information content (AvgIpc) is 3.19. The standard InChI is InChI=1S/C17H23N3O/c1-2-13(12-18)15-19-16(20-21-15)17(10-6-7-11-17)14-8-4-3-5-9-14/h3-5,8-9,13H,2,6-7,10-12,18H2,1H3. The van der Waals surface area contributed by atoms with E-state index in [-0.39, 0.29) is 11.3 Å². The van der Waals surface area contributed by atoms with Gasteiger partial charge in [-0.1, -0.05) is 55.3 Å². The highest BCUT2D eigenvalue weighted by molar-refractivity contribution is 5.33. The molecule has 1 aliphatic carbocycles. The van der Waals surface area contributed by atoms with E-state index in [0.29, 0.717) is 12.4 Å². The average molecular weight is 285 g/mol. The Balaban J connectivity index is 1.99. The van der Waals surface area contributed by atoms with Crippen molar-refractivity contribution < 1.29 is 4.52 Å². The Morgan fingerprint density at radius 1 is 1.24 bits per heavy atom. The van der Waals surface area contributed by atoms with Crippen LogP contribution in [0.5, 0.6) is 0 Å². The van der Waals surface area contributed by atoms with E-state index in [0.717, 1.165) is 25.1 Å². The third-order valence-corrected chi connectivity index (χ3v) is 4.78. The highest BCUT2D eigenvalue weighted by atomic mass is 16.5. The van der Waals surface area contributed by atoms with Crippen LogP contribution in [0.4, 0.5) is 0 Å². The van der Waals surface area contributed by atoms with Gasteiger partial charge in [-0.3, -0.25) is 0 Å². The number of hydrogen-bond donors (Lipinski definition) is 1. The molecule has 4 heteroatoms. The lowest BCUT2D eigenvalue weighted by Crippen LogP contribution is -2.25. The molecule has 4 nitrogen and oxygen atoms in total. The zero-order valence-electron chi connectivity index (χ0n) is 12.6. The molecule has 1 fully saturated rings. The Morgan fingerprint density at radius 3 is 2.57 bits per heavy atom. The third kappa shape index (κ3) is 2.48. The third-order valence-electron chi connectivity index (χ3n) is 4.78. The topological polar surface area (TPSA) is 64.9 Å². The summed E-state index contributed by atoms with van der Waals surface area (Å²) in [6.07, 6.45) is 5.54. The summed E-state index contributed by atoms with van der Waals surface area (Å²) in [6, 6.07) is 10.6. The van der Waals surface area contributed by atoms with Gasteiger partial charge in [-0.05, 0) is 24.8 Å². The monoisotopic (exact) mass is 285 g/mol. The van der Waals surface area contributed by atoms with Gasteiger partial charge in [0.1, 0.15) is 0 Å². The van der Waals surface area contributed by atoms with Crippen molar-refractivity contribution in [2.45, 2.75) is 50.4 Å². The minimum Gasteiger partial charge on any atom is -0.339 e. The smallest absolute Gasteiger partial charge is 0.231 e. The molecule has 0 aliphatic heterocycles. The number of aromatic nitrogens is 2. The van der Waals surface area contributed by atoms with Gasteiger partial charge in [-0.25, -0.2) is 0 Å². The van der Waals surface area contributed by atoms with E-state index in [9.17, 15) is 0 Å². The molecule has 0 radical (unpaired) electrons. The molecule has 21 heavy (non-hydrogen) atoms. The molecule has 0 amide bonds. The quantitative estimate of drug-likeness (QED) is 0.914. The van der Waals surface area contributed by atoms with Crippen molar-refractivity contribution in [3.63, 3.8) is 0 Å². The summed E-state index contributed by atoms with van der Waals surface area (Å²) in [7, 11) is 0. The summed E-state index contributed by atoms with van der Waals surface area (Å²) >= 11 is 0. The van der Waals surface area contributed by atoms with Gasteiger partial charge in [0.15, 0.2) is 5.82 Å².